The van der Waals surface area contributed by atoms with Crippen LogP contribution in [0.15, 0.2) is 84.9 Å². The Morgan fingerprint density at radius 2 is 1.45 bits per heavy atom. The van der Waals surface area contributed by atoms with E-state index in [2.05, 4.69) is 53.4 Å². The molecule has 29 heavy (non-hydrogen) atoms. The van der Waals surface area contributed by atoms with Crippen molar-refractivity contribution in [2.45, 2.75) is 18.4 Å². The van der Waals surface area contributed by atoms with Crippen molar-refractivity contribution in [2.24, 2.45) is 11.8 Å². The van der Waals surface area contributed by atoms with E-state index >= 15 is 0 Å². The van der Waals surface area contributed by atoms with Gasteiger partial charge in [0.2, 0.25) is 0 Å². The number of nitrogens with zero attached hydrogens (tertiary/aromatic N) is 1. The standard InChI is InChI=1S/C26H24ClNO/c27-21-13-11-20(12-14-21)25-24(19-9-5-2-6-10-19)22-16-28(17-23(22)26(25)29)15-18-7-3-1-4-8-18/h1-14,22-25H,15-17H2. The molecule has 4 unspecified atom stereocenters. The minimum atomic E-state index is -0.0801. The van der Waals surface area contributed by atoms with Gasteiger partial charge in [-0.2, -0.15) is 0 Å². The molecule has 2 aliphatic rings. The van der Waals surface area contributed by atoms with Crippen LogP contribution in [0, 0.1) is 11.8 Å². The molecule has 1 saturated heterocycles. The van der Waals surface area contributed by atoms with Gasteiger partial charge in [-0.15, -0.1) is 0 Å². The van der Waals surface area contributed by atoms with E-state index in [1.54, 1.807) is 0 Å². The van der Waals surface area contributed by atoms with Crippen molar-refractivity contribution in [2.75, 3.05) is 13.1 Å². The zero-order valence-corrected chi connectivity index (χ0v) is 17.0. The van der Waals surface area contributed by atoms with Gasteiger partial charge < -0.3 is 0 Å². The van der Waals surface area contributed by atoms with E-state index in [1.165, 1.54) is 11.1 Å². The van der Waals surface area contributed by atoms with Gasteiger partial charge in [-0.3, -0.25) is 9.69 Å². The molecule has 3 aromatic carbocycles. The van der Waals surface area contributed by atoms with Crippen molar-refractivity contribution < 1.29 is 4.79 Å². The van der Waals surface area contributed by atoms with E-state index in [0.29, 0.717) is 16.7 Å². The SMILES string of the molecule is O=C1C2CN(Cc3ccccc3)CC2C(c2ccccc2)C1c1ccc(Cl)cc1. The van der Waals surface area contributed by atoms with E-state index in [4.69, 9.17) is 11.6 Å². The molecule has 0 amide bonds. The topological polar surface area (TPSA) is 20.3 Å². The second kappa shape index (κ2) is 7.78. The number of fused-ring (bicyclic) bond motifs is 1. The molecule has 0 bridgehead atoms. The number of hydrogen-bond donors (Lipinski definition) is 0. The molecular formula is C26H24ClNO. The predicted octanol–water partition coefficient (Wildman–Crippen LogP) is 5.54. The van der Waals surface area contributed by atoms with Gasteiger partial charge in [0, 0.05) is 36.5 Å². The van der Waals surface area contributed by atoms with Crippen LogP contribution in [0.3, 0.4) is 0 Å². The van der Waals surface area contributed by atoms with Crippen molar-refractivity contribution in [1.29, 1.82) is 0 Å². The number of rotatable bonds is 4. The first-order chi connectivity index (χ1) is 14.2. The fraction of sp³-hybridized carbons (Fsp3) is 0.269. The largest absolute Gasteiger partial charge is 0.299 e. The Morgan fingerprint density at radius 1 is 0.793 bits per heavy atom. The summed E-state index contributed by atoms with van der Waals surface area (Å²) in [7, 11) is 0. The Labute approximate surface area is 177 Å². The number of carbonyl (C=O) groups is 1. The number of likely N-dealkylation sites (tertiary alicyclic amines) is 1. The Hall–Kier alpha value is -2.42. The van der Waals surface area contributed by atoms with E-state index in [1.807, 2.05) is 36.4 Å². The van der Waals surface area contributed by atoms with Gasteiger partial charge in [0.15, 0.2) is 0 Å². The summed E-state index contributed by atoms with van der Waals surface area (Å²) in [5, 5.41) is 0.713. The lowest BCUT2D eigenvalue weighted by atomic mass is 9.79. The molecule has 1 aliphatic heterocycles. The average Bonchev–Trinajstić information content (AvgIpc) is 3.27. The lowest BCUT2D eigenvalue weighted by Gasteiger charge is -2.26. The summed E-state index contributed by atoms with van der Waals surface area (Å²) < 4.78 is 0. The van der Waals surface area contributed by atoms with E-state index in [-0.39, 0.29) is 17.8 Å². The fourth-order valence-electron chi connectivity index (χ4n) is 5.36. The molecule has 2 nitrogen and oxygen atoms in total. The summed E-state index contributed by atoms with van der Waals surface area (Å²) in [5.74, 6) is 0.986. The summed E-state index contributed by atoms with van der Waals surface area (Å²) in [6.45, 7) is 2.73. The minimum Gasteiger partial charge on any atom is -0.299 e. The number of carbonyl (C=O) groups excluding carboxylic acids is 1. The molecule has 2 fully saturated rings. The Balaban J connectivity index is 1.47. The lowest BCUT2D eigenvalue weighted by Crippen LogP contribution is -2.26. The molecule has 0 spiro atoms. The summed E-state index contributed by atoms with van der Waals surface area (Å²) in [4.78, 5) is 16.0. The highest BCUT2D eigenvalue weighted by Crippen LogP contribution is 2.53. The second-order valence-corrected chi connectivity index (χ2v) is 8.75. The maximum absolute atomic E-state index is 13.6. The van der Waals surface area contributed by atoms with E-state index in [0.717, 1.165) is 25.2 Å². The van der Waals surface area contributed by atoms with Crippen LogP contribution >= 0.6 is 11.6 Å². The van der Waals surface area contributed by atoms with Gasteiger partial charge in [0.05, 0.1) is 5.92 Å². The predicted molar refractivity (Wildman–Crippen MR) is 117 cm³/mol. The second-order valence-electron chi connectivity index (χ2n) is 8.32. The molecule has 1 heterocycles. The minimum absolute atomic E-state index is 0.0801. The van der Waals surface area contributed by atoms with Crippen LogP contribution in [0.25, 0.3) is 0 Å². The monoisotopic (exact) mass is 401 g/mol. The van der Waals surface area contributed by atoms with Crippen LogP contribution in [0.2, 0.25) is 5.02 Å². The van der Waals surface area contributed by atoms with Gasteiger partial charge in [0.25, 0.3) is 0 Å². The first-order valence-corrected chi connectivity index (χ1v) is 10.7. The zero-order chi connectivity index (χ0) is 19.8. The summed E-state index contributed by atoms with van der Waals surface area (Å²) in [6.07, 6.45) is 0. The van der Waals surface area contributed by atoms with Gasteiger partial charge in [-0.05, 0) is 34.7 Å². The van der Waals surface area contributed by atoms with Crippen LogP contribution in [-0.2, 0) is 11.3 Å². The van der Waals surface area contributed by atoms with Crippen LogP contribution in [0.5, 0.6) is 0 Å². The highest BCUT2D eigenvalue weighted by Gasteiger charge is 2.54. The van der Waals surface area contributed by atoms with Gasteiger partial charge in [-0.25, -0.2) is 0 Å². The smallest absolute Gasteiger partial charge is 0.145 e. The summed E-state index contributed by atoms with van der Waals surface area (Å²) >= 11 is 6.11. The first-order valence-electron chi connectivity index (χ1n) is 10.3. The third-order valence-corrected chi connectivity index (χ3v) is 6.85. The van der Waals surface area contributed by atoms with Crippen LogP contribution in [0.4, 0.5) is 0 Å². The van der Waals surface area contributed by atoms with Crippen molar-refractivity contribution >= 4 is 17.4 Å². The fourth-order valence-corrected chi connectivity index (χ4v) is 5.49. The lowest BCUT2D eigenvalue weighted by molar-refractivity contribution is -0.122. The number of halogens is 1. The summed E-state index contributed by atoms with van der Waals surface area (Å²) in [6, 6.07) is 29.0. The maximum Gasteiger partial charge on any atom is 0.145 e. The molecule has 1 saturated carbocycles. The highest BCUT2D eigenvalue weighted by molar-refractivity contribution is 6.30. The molecule has 4 atom stereocenters. The van der Waals surface area contributed by atoms with Crippen molar-refractivity contribution in [1.82, 2.24) is 4.90 Å². The van der Waals surface area contributed by atoms with E-state index in [9.17, 15) is 4.79 Å². The third-order valence-electron chi connectivity index (χ3n) is 6.60. The quantitative estimate of drug-likeness (QED) is 0.572. The molecule has 146 valence electrons. The molecule has 0 N–H and O–H groups in total. The van der Waals surface area contributed by atoms with Crippen LogP contribution in [-0.4, -0.2) is 23.8 Å². The molecule has 1 aliphatic carbocycles. The Bertz CT molecular complexity index is 986. The molecule has 0 aromatic heterocycles. The molecule has 0 radical (unpaired) electrons. The third kappa shape index (κ3) is 3.52. The molecule has 3 heteroatoms. The number of Topliss-reactive ketones (excluding diaryl/α,β-unsaturated/α-hetero) is 1. The van der Waals surface area contributed by atoms with Crippen molar-refractivity contribution in [3.05, 3.63) is 107 Å². The number of ketones is 1. The average molecular weight is 402 g/mol. The normalized spacial score (nSPS) is 26.6. The van der Waals surface area contributed by atoms with Crippen molar-refractivity contribution in [3.8, 4) is 0 Å². The maximum atomic E-state index is 13.6. The van der Waals surface area contributed by atoms with Gasteiger partial charge in [0.1, 0.15) is 5.78 Å². The molecular weight excluding hydrogens is 378 g/mol. The Morgan fingerprint density at radius 3 is 2.14 bits per heavy atom. The first kappa shape index (κ1) is 18.6. The van der Waals surface area contributed by atoms with Crippen molar-refractivity contribution in [3.63, 3.8) is 0 Å². The Kier molecular flexibility index (Phi) is 4.99. The van der Waals surface area contributed by atoms with Crippen LogP contribution < -0.4 is 0 Å². The number of benzene rings is 3. The van der Waals surface area contributed by atoms with Gasteiger partial charge in [-0.1, -0.05) is 84.4 Å². The van der Waals surface area contributed by atoms with Gasteiger partial charge >= 0.3 is 0 Å². The number of hydrogen-bond acceptors (Lipinski definition) is 2. The zero-order valence-electron chi connectivity index (χ0n) is 16.2. The van der Waals surface area contributed by atoms with E-state index < -0.39 is 0 Å². The van der Waals surface area contributed by atoms with Crippen LogP contribution in [0.1, 0.15) is 28.5 Å². The molecule has 3 aromatic rings. The summed E-state index contributed by atoms with van der Waals surface area (Å²) in [5.41, 5.74) is 3.68. The highest BCUT2D eigenvalue weighted by atomic mass is 35.5. The molecule has 5 rings (SSSR count).